The standard InChI is InChI=1S/C11H22N2/c1-4-6-7-8-9-10-11-13(3)12-5-2/h6-7,9-10,12H,4-5,8,11H2,1-3H3. The third kappa shape index (κ3) is 9.31. The van der Waals surface area contributed by atoms with E-state index in [2.05, 4.69) is 55.6 Å². The highest BCUT2D eigenvalue weighted by Crippen LogP contribution is 1.88. The highest BCUT2D eigenvalue weighted by molar-refractivity contribution is 4.93. The first kappa shape index (κ1) is 12.4. The molecule has 0 rings (SSSR count). The van der Waals surface area contributed by atoms with Gasteiger partial charge in [0.25, 0.3) is 0 Å². The van der Waals surface area contributed by atoms with E-state index in [4.69, 9.17) is 0 Å². The maximum Gasteiger partial charge on any atom is 0.0308 e. The van der Waals surface area contributed by atoms with Crippen molar-refractivity contribution in [1.29, 1.82) is 0 Å². The van der Waals surface area contributed by atoms with E-state index in [1.807, 2.05) is 0 Å². The molecule has 0 bridgehead atoms. The summed E-state index contributed by atoms with van der Waals surface area (Å²) < 4.78 is 0. The Hall–Kier alpha value is -0.600. The summed E-state index contributed by atoms with van der Waals surface area (Å²) in [6.07, 6.45) is 10.9. The molecule has 0 aromatic carbocycles. The Kier molecular flexibility index (Phi) is 9.05. The molecule has 2 heteroatoms. The zero-order chi connectivity index (χ0) is 9.94. The van der Waals surface area contributed by atoms with Crippen LogP contribution in [-0.2, 0) is 0 Å². The Morgan fingerprint density at radius 2 is 1.77 bits per heavy atom. The SMILES string of the molecule is CCC=CCC=CCN(C)NCC. The number of likely N-dealkylation sites (N-methyl/N-ethyl adjacent to an activating group) is 1. The monoisotopic (exact) mass is 182 g/mol. The van der Waals surface area contributed by atoms with Crippen molar-refractivity contribution in [2.24, 2.45) is 0 Å². The number of hydrazine groups is 1. The summed E-state index contributed by atoms with van der Waals surface area (Å²) >= 11 is 0. The minimum Gasteiger partial charge on any atom is -0.255 e. The molecular formula is C11H22N2. The van der Waals surface area contributed by atoms with Crippen molar-refractivity contribution >= 4 is 0 Å². The van der Waals surface area contributed by atoms with Crippen LogP contribution < -0.4 is 5.43 Å². The van der Waals surface area contributed by atoms with Crippen molar-refractivity contribution in [3.8, 4) is 0 Å². The van der Waals surface area contributed by atoms with E-state index in [0.29, 0.717) is 0 Å². The number of nitrogens with zero attached hydrogens (tertiary/aromatic N) is 1. The topological polar surface area (TPSA) is 15.3 Å². The molecule has 0 unspecified atom stereocenters. The molecule has 0 atom stereocenters. The van der Waals surface area contributed by atoms with Gasteiger partial charge >= 0.3 is 0 Å². The summed E-state index contributed by atoms with van der Waals surface area (Å²) in [6, 6.07) is 0. The van der Waals surface area contributed by atoms with Crippen LogP contribution in [0.3, 0.4) is 0 Å². The lowest BCUT2D eigenvalue weighted by Crippen LogP contribution is -2.33. The second kappa shape index (κ2) is 9.49. The smallest absolute Gasteiger partial charge is 0.0308 e. The fourth-order valence-corrected chi connectivity index (χ4v) is 1.00. The Morgan fingerprint density at radius 1 is 1.08 bits per heavy atom. The van der Waals surface area contributed by atoms with Gasteiger partial charge in [-0.15, -0.1) is 0 Å². The summed E-state index contributed by atoms with van der Waals surface area (Å²) in [4.78, 5) is 0. The summed E-state index contributed by atoms with van der Waals surface area (Å²) in [5.74, 6) is 0. The Labute approximate surface area is 82.3 Å². The fraction of sp³-hybridized carbons (Fsp3) is 0.636. The molecule has 0 aliphatic heterocycles. The molecule has 0 amide bonds. The lowest BCUT2D eigenvalue weighted by Gasteiger charge is -2.13. The molecule has 13 heavy (non-hydrogen) atoms. The van der Waals surface area contributed by atoms with Gasteiger partial charge in [0.15, 0.2) is 0 Å². The van der Waals surface area contributed by atoms with Gasteiger partial charge in [-0.1, -0.05) is 38.2 Å². The minimum absolute atomic E-state index is 0.966. The molecule has 76 valence electrons. The molecule has 0 heterocycles. The maximum atomic E-state index is 3.21. The van der Waals surface area contributed by atoms with Gasteiger partial charge in [0.2, 0.25) is 0 Å². The van der Waals surface area contributed by atoms with Crippen LogP contribution in [0, 0.1) is 0 Å². The van der Waals surface area contributed by atoms with Gasteiger partial charge in [0, 0.05) is 20.1 Å². The molecule has 0 saturated heterocycles. The van der Waals surface area contributed by atoms with Crippen LogP contribution in [0.5, 0.6) is 0 Å². The zero-order valence-corrected chi connectivity index (χ0v) is 9.09. The second-order valence-corrected chi connectivity index (χ2v) is 2.98. The molecule has 0 aromatic heterocycles. The van der Waals surface area contributed by atoms with Crippen molar-refractivity contribution in [1.82, 2.24) is 10.4 Å². The second-order valence-electron chi connectivity index (χ2n) is 2.98. The number of hydrogen-bond acceptors (Lipinski definition) is 2. The Bertz CT molecular complexity index is 150. The van der Waals surface area contributed by atoms with Crippen LogP contribution in [0.2, 0.25) is 0 Å². The van der Waals surface area contributed by atoms with Gasteiger partial charge in [-0.05, 0) is 12.8 Å². The van der Waals surface area contributed by atoms with Crippen LogP contribution in [0.1, 0.15) is 26.7 Å². The van der Waals surface area contributed by atoms with Gasteiger partial charge in [0.1, 0.15) is 0 Å². The molecule has 0 radical (unpaired) electrons. The number of rotatable bonds is 7. The predicted octanol–water partition coefficient (Wildman–Crippen LogP) is 2.36. The lowest BCUT2D eigenvalue weighted by atomic mass is 10.3. The molecule has 2 nitrogen and oxygen atoms in total. The number of allylic oxidation sites excluding steroid dienone is 3. The first-order valence-corrected chi connectivity index (χ1v) is 5.05. The predicted molar refractivity (Wildman–Crippen MR) is 59.5 cm³/mol. The van der Waals surface area contributed by atoms with Crippen LogP contribution in [0.15, 0.2) is 24.3 Å². The summed E-state index contributed by atoms with van der Waals surface area (Å²) in [5.41, 5.74) is 3.21. The molecule has 0 aliphatic carbocycles. The van der Waals surface area contributed by atoms with E-state index >= 15 is 0 Å². The third-order valence-corrected chi connectivity index (χ3v) is 1.65. The fourth-order valence-electron chi connectivity index (χ4n) is 1.00. The van der Waals surface area contributed by atoms with E-state index in [1.54, 1.807) is 0 Å². The van der Waals surface area contributed by atoms with Crippen molar-refractivity contribution in [2.75, 3.05) is 20.1 Å². The quantitative estimate of drug-likeness (QED) is 0.480. The first-order chi connectivity index (χ1) is 6.31. The van der Waals surface area contributed by atoms with Gasteiger partial charge in [-0.3, -0.25) is 5.43 Å². The van der Waals surface area contributed by atoms with Gasteiger partial charge in [0.05, 0.1) is 0 Å². The molecule has 0 aromatic rings. The van der Waals surface area contributed by atoms with Crippen LogP contribution >= 0.6 is 0 Å². The van der Waals surface area contributed by atoms with E-state index in [9.17, 15) is 0 Å². The molecule has 0 fully saturated rings. The molecular weight excluding hydrogens is 160 g/mol. The van der Waals surface area contributed by atoms with Gasteiger partial charge in [-0.2, -0.15) is 0 Å². The summed E-state index contributed by atoms with van der Waals surface area (Å²) in [5, 5.41) is 2.08. The third-order valence-electron chi connectivity index (χ3n) is 1.65. The molecule has 0 aliphatic rings. The average Bonchev–Trinajstić information content (AvgIpc) is 2.11. The van der Waals surface area contributed by atoms with Crippen LogP contribution in [0.4, 0.5) is 0 Å². The minimum atomic E-state index is 0.966. The van der Waals surface area contributed by atoms with E-state index in [0.717, 1.165) is 25.9 Å². The molecule has 0 saturated carbocycles. The zero-order valence-electron chi connectivity index (χ0n) is 9.09. The average molecular weight is 182 g/mol. The van der Waals surface area contributed by atoms with Crippen LogP contribution in [-0.4, -0.2) is 25.1 Å². The largest absolute Gasteiger partial charge is 0.255 e. The summed E-state index contributed by atoms with van der Waals surface area (Å²) in [6.45, 7) is 6.21. The van der Waals surface area contributed by atoms with E-state index < -0.39 is 0 Å². The van der Waals surface area contributed by atoms with Crippen molar-refractivity contribution in [3.05, 3.63) is 24.3 Å². The number of nitrogens with one attached hydrogen (secondary N) is 1. The van der Waals surface area contributed by atoms with Crippen LogP contribution in [0.25, 0.3) is 0 Å². The maximum absolute atomic E-state index is 3.21. The van der Waals surface area contributed by atoms with Crippen molar-refractivity contribution in [2.45, 2.75) is 26.7 Å². The first-order valence-electron chi connectivity index (χ1n) is 5.05. The van der Waals surface area contributed by atoms with Gasteiger partial charge in [-0.25, -0.2) is 5.01 Å². The molecule has 0 spiro atoms. The van der Waals surface area contributed by atoms with Crippen molar-refractivity contribution < 1.29 is 0 Å². The Morgan fingerprint density at radius 3 is 2.38 bits per heavy atom. The number of hydrogen-bond donors (Lipinski definition) is 1. The van der Waals surface area contributed by atoms with Gasteiger partial charge < -0.3 is 0 Å². The summed E-state index contributed by atoms with van der Waals surface area (Å²) in [7, 11) is 2.05. The van der Waals surface area contributed by atoms with E-state index in [1.165, 1.54) is 0 Å². The lowest BCUT2D eigenvalue weighted by molar-refractivity contribution is 0.268. The van der Waals surface area contributed by atoms with E-state index in [-0.39, 0.29) is 0 Å². The Balaban J connectivity index is 3.34. The molecule has 1 N–H and O–H groups in total. The normalized spacial score (nSPS) is 12.3. The highest BCUT2D eigenvalue weighted by atomic mass is 15.5. The van der Waals surface area contributed by atoms with Crippen molar-refractivity contribution in [3.63, 3.8) is 0 Å². The highest BCUT2D eigenvalue weighted by Gasteiger charge is 1.87.